The van der Waals surface area contributed by atoms with Gasteiger partial charge < -0.3 is 15.4 Å². The number of benzene rings is 2. The lowest BCUT2D eigenvalue weighted by Gasteiger charge is -2.38. The molecule has 170 valence electrons. The lowest BCUT2D eigenvalue weighted by atomic mass is 10.1. The molecule has 1 amide bonds. The second kappa shape index (κ2) is 8.70. The number of amides is 1. The fourth-order valence-electron chi connectivity index (χ4n) is 3.98. The van der Waals surface area contributed by atoms with E-state index in [9.17, 15) is 9.59 Å². The van der Waals surface area contributed by atoms with Crippen LogP contribution in [0.5, 0.6) is 11.5 Å². The number of rotatable bonds is 6. The maximum Gasteiger partial charge on any atom is 0.335 e. The molecule has 0 spiro atoms. The highest BCUT2D eigenvalue weighted by Crippen LogP contribution is 2.28. The average Bonchev–Trinajstić information content (AvgIpc) is 3.11. The summed E-state index contributed by atoms with van der Waals surface area (Å²) >= 11 is 0. The van der Waals surface area contributed by atoms with Gasteiger partial charge >= 0.3 is 5.69 Å². The molecule has 1 saturated heterocycles. The standard InChI is InChI=1S/C25H22N6O3/c1-2-3-9-21(32)29-14-18(15-29)31-24-22(23(26)27-16-28-24)30(25(31)33)17-10-12-20(13-11-17)34-19-7-5-4-6-8-19/h2-13,16,18H,1,14-15H2,(H2,26,27,28)/b9-3+. The maximum atomic E-state index is 13.5. The van der Waals surface area contributed by atoms with Crippen molar-refractivity contribution in [1.82, 2.24) is 24.0 Å². The zero-order valence-electron chi connectivity index (χ0n) is 18.2. The number of allylic oxidation sites excluding steroid dienone is 2. The van der Waals surface area contributed by atoms with Crippen molar-refractivity contribution < 1.29 is 9.53 Å². The van der Waals surface area contributed by atoms with E-state index in [0.29, 0.717) is 41.4 Å². The van der Waals surface area contributed by atoms with Crippen LogP contribution in [-0.4, -0.2) is 43.0 Å². The summed E-state index contributed by atoms with van der Waals surface area (Å²) in [5.41, 5.74) is 7.34. The summed E-state index contributed by atoms with van der Waals surface area (Å²) in [5.74, 6) is 1.42. The van der Waals surface area contributed by atoms with Crippen LogP contribution in [0.3, 0.4) is 0 Å². The quantitative estimate of drug-likeness (QED) is 0.354. The second-order valence-corrected chi connectivity index (χ2v) is 7.82. The molecule has 4 aromatic rings. The largest absolute Gasteiger partial charge is 0.457 e. The topological polar surface area (TPSA) is 108 Å². The zero-order valence-corrected chi connectivity index (χ0v) is 18.2. The Kier molecular flexibility index (Phi) is 5.43. The van der Waals surface area contributed by atoms with Gasteiger partial charge in [0.05, 0.1) is 11.7 Å². The molecule has 2 aromatic heterocycles. The molecular weight excluding hydrogens is 432 g/mol. The number of anilines is 1. The summed E-state index contributed by atoms with van der Waals surface area (Å²) in [7, 11) is 0. The van der Waals surface area contributed by atoms with Crippen LogP contribution in [0.25, 0.3) is 16.9 Å². The molecule has 0 bridgehead atoms. The normalized spacial score (nSPS) is 13.8. The SMILES string of the molecule is C=C/C=C/C(=O)N1CC(n2c(=O)n(-c3ccc(Oc4ccccc4)cc3)c3c(N)ncnc32)C1. The molecule has 1 aliphatic rings. The van der Waals surface area contributed by atoms with Gasteiger partial charge in [-0.25, -0.2) is 14.8 Å². The molecule has 0 atom stereocenters. The zero-order chi connectivity index (χ0) is 23.7. The van der Waals surface area contributed by atoms with Crippen molar-refractivity contribution in [3.05, 3.63) is 96.2 Å². The lowest BCUT2D eigenvalue weighted by molar-refractivity contribution is -0.131. The van der Waals surface area contributed by atoms with Crippen molar-refractivity contribution in [2.75, 3.05) is 18.8 Å². The van der Waals surface area contributed by atoms with Crippen molar-refractivity contribution in [2.24, 2.45) is 0 Å². The van der Waals surface area contributed by atoms with Crippen LogP contribution in [0.2, 0.25) is 0 Å². The summed E-state index contributed by atoms with van der Waals surface area (Å²) in [4.78, 5) is 35.8. The summed E-state index contributed by atoms with van der Waals surface area (Å²) < 4.78 is 8.94. The van der Waals surface area contributed by atoms with Crippen molar-refractivity contribution >= 4 is 22.9 Å². The first kappa shape index (κ1) is 21.2. The molecule has 34 heavy (non-hydrogen) atoms. The Morgan fingerprint density at radius 3 is 2.47 bits per heavy atom. The van der Waals surface area contributed by atoms with E-state index in [0.717, 1.165) is 0 Å². The Hall–Kier alpha value is -4.66. The molecule has 0 saturated carbocycles. The predicted molar refractivity (Wildman–Crippen MR) is 129 cm³/mol. The van der Waals surface area contributed by atoms with E-state index in [2.05, 4.69) is 16.5 Å². The van der Waals surface area contributed by atoms with E-state index in [-0.39, 0.29) is 23.5 Å². The van der Waals surface area contributed by atoms with Crippen LogP contribution in [-0.2, 0) is 4.79 Å². The third-order valence-electron chi connectivity index (χ3n) is 5.67. The minimum Gasteiger partial charge on any atom is -0.457 e. The Morgan fingerprint density at radius 2 is 1.76 bits per heavy atom. The third kappa shape index (κ3) is 3.73. The van der Waals surface area contributed by atoms with Crippen LogP contribution in [0.15, 0.2) is 90.5 Å². The predicted octanol–water partition coefficient (Wildman–Crippen LogP) is 3.08. The minimum absolute atomic E-state index is 0.129. The lowest BCUT2D eigenvalue weighted by Crippen LogP contribution is -2.52. The number of aromatic nitrogens is 4. The van der Waals surface area contributed by atoms with Crippen LogP contribution >= 0.6 is 0 Å². The number of likely N-dealkylation sites (tertiary alicyclic amines) is 1. The number of carbonyl (C=O) groups is 1. The monoisotopic (exact) mass is 454 g/mol. The van der Waals surface area contributed by atoms with E-state index in [4.69, 9.17) is 10.5 Å². The number of carbonyl (C=O) groups excluding carboxylic acids is 1. The Morgan fingerprint density at radius 1 is 1.06 bits per heavy atom. The number of nitrogens with two attached hydrogens (primary N) is 1. The summed E-state index contributed by atoms with van der Waals surface area (Å²) in [5, 5.41) is 0. The molecule has 0 aliphatic carbocycles. The summed E-state index contributed by atoms with van der Waals surface area (Å²) in [6, 6.07) is 16.4. The number of imidazole rings is 1. The highest BCUT2D eigenvalue weighted by atomic mass is 16.5. The Labute approximate surface area is 195 Å². The molecule has 5 rings (SSSR count). The van der Waals surface area contributed by atoms with Crippen LogP contribution < -0.4 is 16.2 Å². The molecule has 0 unspecified atom stereocenters. The van der Waals surface area contributed by atoms with E-state index in [1.54, 1.807) is 45.9 Å². The highest BCUT2D eigenvalue weighted by Gasteiger charge is 2.35. The van der Waals surface area contributed by atoms with E-state index < -0.39 is 0 Å². The average molecular weight is 454 g/mol. The van der Waals surface area contributed by atoms with Crippen LogP contribution in [0.4, 0.5) is 5.82 Å². The van der Waals surface area contributed by atoms with Crippen molar-refractivity contribution in [1.29, 1.82) is 0 Å². The van der Waals surface area contributed by atoms with Gasteiger partial charge in [0.2, 0.25) is 5.91 Å². The van der Waals surface area contributed by atoms with Gasteiger partial charge in [0, 0.05) is 19.2 Å². The summed E-state index contributed by atoms with van der Waals surface area (Å²) in [6.45, 7) is 4.36. The number of hydrogen-bond acceptors (Lipinski definition) is 6. The molecule has 1 fully saturated rings. The van der Waals surface area contributed by atoms with Gasteiger partial charge in [-0.1, -0.05) is 36.9 Å². The van der Waals surface area contributed by atoms with Gasteiger partial charge in [-0.05, 0) is 36.4 Å². The Balaban J connectivity index is 1.49. The number of ether oxygens (including phenoxy) is 1. The van der Waals surface area contributed by atoms with Gasteiger partial charge in [-0.2, -0.15) is 0 Å². The van der Waals surface area contributed by atoms with E-state index in [1.807, 2.05) is 30.3 Å². The number of fused-ring (bicyclic) bond motifs is 1. The first-order valence-corrected chi connectivity index (χ1v) is 10.7. The van der Waals surface area contributed by atoms with Gasteiger partial charge in [-0.15, -0.1) is 0 Å². The van der Waals surface area contributed by atoms with Crippen LogP contribution in [0, 0.1) is 0 Å². The maximum absolute atomic E-state index is 13.5. The second-order valence-electron chi connectivity index (χ2n) is 7.82. The van der Waals surface area contributed by atoms with Crippen molar-refractivity contribution in [3.8, 4) is 17.2 Å². The van der Waals surface area contributed by atoms with Crippen LogP contribution in [0.1, 0.15) is 6.04 Å². The van der Waals surface area contributed by atoms with Crippen molar-refractivity contribution in [2.45, 2.75) is 6.04 Å². The molecule has 1 aliphatic heterocycles. The number of nitrogens with zero attached hydrogens (tertiary/aromatic N) is 5. The van der Waals surface area contributed by atoms with E-state index >= 15 is 0 Å². The Bertz CT molecular complexity index is 1450. The van der Waals surface area contributed by atoms with E-state index in [1.165, 1.54) is 17.0 Å². The van der Waals surface area contributed by atoms with Gasteiger partial charge in [0.25, 0.3) is 0 Å². The molecule has 2 N–H and O–H groups in total. The molecule has 0 radical (unpaired) electrons. The fraction of sp³-hybridized carbons (Fsp3) is 0.120. The fourth-order valence-corrected chi connectivity index (χ4v) is 3.98. The van der Waals surface area contributed by atoms with Crippen molar-refractivity contribution in [3.63, 3.8) is 0 Å². The van der Waals surface area contributed by atoms with Gasteiger partial charge in [0.15, 0.2) is 11.5 Å². The first-order chi connectivity index (χ1) is 16.6. The third-order valence-corrected chi connectivity index (χ3v) is 5.67. The number of para-hydroxylation sites is 1. The molecule has 9 nitrogen and oxygen atoms in total. The number of hydrogen-bond donors (Lipinski definition) is 1. The van der Waals surface area contributed by atoms with Gasteiger partial charge in [0.1, 0.15) is 23.3 Å². The molecular formula is C25H22N6O3. The number of nitrogen functional groups attached to an aromatic ring is 1. The minimum atomic E-state index is -0.294. The van der Waals surface area contributed by atoms with Gasteiger partial charge in [-0.3, -0.25) is 13.9 Å². The molecule has 3 heterocycles. The molecule has 9 heteroatoms. The summed E-state index contributed by atoms with van der Waals surface area (Å²) in [6.07, 6.45) is 5.92. The molecule has 2 aromatic carbocycles. The highest BCUT2D eigenvalue weighted by molar-refractivity contribution is 5.89. The first-order valence-electron chi connectivity index (χ1n) is 10.7. The smallest absolute Gasteiger partial charge is 0.335 e.